The van der Waals surface area contributed by atoms with Crippen LogP contribution in [0.5, 0.6) is 0 Å². The monoisotopic (exact) mass is 343 g/mol. The predicted molar refractivity (Wildman–Crippen MR) is 86.7 cm³/mol. The highest BCUT2D eigenvalue weighted by molar-refractivity contribution is 7.90. The Morgan fingerprint density at radius 3 is 2.57 bits per heavy atom. The van der Waals surface area contributed by atoms with Crippen LogP contribution in [-0.4, -0.2) is 70.9 Å². The zero-order valence-electron chi connectivity index (χ0n) is 13.3. The van der Waals surface area contributed by atoms with Crippen LogP contribution in [0.1, 0.15) is 0 Å². The van der Waals surface area contributed by atoms with Crippen molar-refractivity contribution in [3.8, 4) is 0 Å². The Morgan fingerprint density at radius 1 is 1.35 bits per heavy atom. The van der Waals surface area contributed by atoms with Gasteiger partial charge in [-0.15, -0.1) is 0 Å². The minimum Gasteiger partial charge on any atom is -0.379 e. The Morgan fingerprint density at radius 2 is 2.00 bits per heavy atom. The van der Waals surface area contributed by atoms with Gasteiger partial charge in [0.05, 0.1) is 18.1 Å². The van der Waals surface area contributed by atoms with E-state index in [0.717, 1.165) is 39.1 Å². The van der Waals surface area contributed by atoms with Gasteiger partial charge in [-0.2, -0.15) is 0 Å². The summed E-state index contributed by atoms with van der Waals surface area (Å²) in [6.45, 7) is 4.72. The molecule has 2 rings (SSSR count). The molecular weight excluding hydrogens is 322 g/mol. The van der Waals surface area contributed by atoms with Gasteiger partial charge in [-0.3, -0.25) is 15.0 Å². The molecule has 0 N–H and O–H groups in total. The van der Waals surface area contributed by atoms with E-state index in [0.29, 0.717) is 12.2 Å². The number of likely N-dealkylation sites (N-methyl/N-ethyl adjacent to an activating group) is 1. The fourth-order valence-electron chi connectivity index (χ4n) is 2.43. The molecule has 1 aromatic carbocycles. The van der Waals surface area contributed by atoms with Crippen LogP contribution < -0.4 is 4.90 Å². The van der Waals surface area contributed by atoms with E-state index in [-0.39, 0.29) is 4.90 Å². The van der Waals surface area contributed by atoms with E-state index in [9.17, 15) is 18.5 Å². The number of sulfone groups is 1. The van der Waals surface area contributed by atoms with E-state index < -0.39 is 20.4 Å². The van der Waals surface area contributed by atoms with E-state index in [1.807, 2.05) is 11.9 Å². The molecule has 9 heteroatoms. The molecule has 0 unspecified atom stereocenters. The third kappa shape index (κ3) is 4.63. The van der Waals surface area contributed by atoms with Crippen molar-refractivity contribution in [1.29, 1.82) is 0 Å². The molecule has 0 aromatic heterocycles. The standard InChI is InChI=1S/C14H21N3O5S/c1-15(5-6-16-7-9-22-10-8-16)12-3-4-13(17(18)19)14(11-12)23(2,20)21/h3-4,11H,5-10H2,1-2H3. The van der Waals surface area contributed by atoms with Crippen molar-refractivity contribution in [3.63, 3.8) is 0 Å². The Kier molecular flexibility index (Phi) is 5.55. The predicted octanol–water partition coefficient (Wildman–Crippen LogP) is 0.767. The number of rotatable bonds is 6. The number of benzene rings is 1. The van der Waals surface area contributed by atoms with E-state index in [2.05, 4.69) is 4.90 Å². The van der Waals surface area contributed by atoms with Crippen LogP contribution in [0, 0.1) is 10.1 Å². The van der Waals surface area contributed by atoms with E-state index in [4.69, 9.17) is 4.74 Å². The van der Waals surface area contributed by atoms with Gasteiger partial charge in [0.15, 0.2) is 9.84 Å². The molecule has 1 fully saturated rings. The average molecular weight is 343 g/mol. The van der Waals surface area contributed by atoms with E-state index in [1.165, 1.54) is 12.1 Å². The van der Waals surface area contributed by atoms with Gasteiger partial charge in [-0.25, -0.2) is 8.42 Å². The maximum Gasteiger partial charge on any atom is 0.288 e. The molecule has 0 bridgehead atoms. The molecule has 1 saturated heterocycles. The fourth-order valence-corrected chi connectivity index (χ4v) is 3.29. The van der Waals surface area contributed by atoms with Crippen LogP contribution in [-0.2, 0) is 14.6 Å². The van der Waals surface area contributed by atoms with Crippen LogP contribution in [0.3, 0.4) is 0 Å². The van der Waals surface area contributed by atoms with Gasteiger partial charge in [0.2, 0.25) is 0 Å². The van der Waals surface area contributed by atoms with E-state index >= 15 is 0 Å². The Balaban J connectivity index is 2.14. The minimum absolute atomic E-state index is 0.252. The van der Waals surface area contributed by atoms with Crippen LogP contribution in [0.15, 0.2) is 23.1 Å². The number of nitro groups is 1. The zero-order chi connectivity index (χ0) is 17.0. The molecule has 0 aliphatic carbocycles. The number of nitrogens with zero attached hydrogens (tertiary/aromatic N) is 3. The summed E-state index contributed by atoms with van der Waals surface area (Å²) >= 11 is 0. The second kappa shape index (κ2) is 7.24. The summed E-state index contributed by atoms with van der Waals surface area (Å²) in [5.74, 6) is 0. The van der Waals surface area contributed by atoms with Crippen LogP contribution >= 0.6 is 0 Å². The third-order valence-electron chi connectivity index (χ3n) is 3.84. The normalized spacial score (nSPS) is 16.3. The maximum absolute atomic E-state index is 11.8. The fraction of sp³-hybridized carbons (Fsp3) is 0.571. The summed E-state index contributed by atoms with van der Waals surface area (Å²) in [4.78, 5) is 14.2. The molecule has 1 heterocycles. The van der Waals surface area contributed by atoms with Crippen molar-refractivity contribution in [3.05, 3.63) is 28.3 Å². The highest BCUT2D eigenvalue weighted by Crippen LogP contribution is 2.28. The van der Waals surface area contributed by atoms with Gasteiger partial charge in [0.25, 0.3) is 5.69 Å². The van der Waals surface area contributed by atoms with Crippen molar-refractivity contribution >= 4 is 21.2 Å². The first-order valence-corrected chi connectivity index (χ1v) is 9.18. The highest BCUT2D eigenvalue weighted by Gasteiger charge is 2.23. The molecule has 8 nitrogen and oxygen atoms in total. The third-order valence-corrected chi connectivity index (χ3v) is 4.96. The summed E-state index contributed by atoms with van der Waals surface area (Å²) in [5.41, 5.74) is 0.252. The highest BCUT2D eigenvalue weighted by atomic mass is 32.2. The van der Waals surface area contributed by atoms with Gasteiger partial charge in [-0.1, -0.05) is 0 Å². The topological polar surface area (TPSA) is 93.0 Å². The summed E-state index contributed by atoms with van der Waals surface area (Å²) < 4.78 is 28.9. The summed E-state index contributed by atoms with van der Waals surface area (Å²) in [6.07, 6.45) is 0.979. The molecule has 0 radical (unpaired) electrons. The molecule has 1 aliphatic heterocycles. The lowest BCUT2D eigenvalue weighted by molar-refractivity contribution is -0.387. The minimum atomic E-state index is -3.67. The molecule has 0 atom stereocenters. The second-order valence-corrected chi connectivity index (χ2v) is 7.54. The summed E-state index contributed by atoms with van der Waals surface area (Å²) in [5, 5.41) is 11.0. The van der Waals surface area contributed by atoms with Crippen LogP contribution in [0.4, 0.5) is 11.4 Å². The van der Waals surface area contributed by atoms with Crippen LogP contribution in [0.2, 0.25) is 0 Å². The maximum atomic E-state index is 11.8. The second-order valence-electron chi connectivity index (χ2n) is 5.56. The van der Waals surface area contributed by atoms with Gasteiger partial charge in [0.1, 0.15) is 4.90 Å². The first kappa shape index (κ1) is 17.6. The zero-order valence-corrected chi connectivity index (χ0v) is 14.1. The Bertz CT molecular complexity index is 671. The molecule has 0 amide bonds. The first-order chi connectivity index (χ1) is 10.8. The molecule has 128 valence electrons. The summed E-state index contributed by atoms with van der Waals surface area (Å²) in [7, 11) is -1.82. The SMILES string of the molecule is CN(CCN1CCOCC1)c1ccc([N+](=O)[O-])c(S(C)(=O)=O)c1. The first-order valence-electron chi connectivity index (χ1n) is 7.29. The van der Waals surface area contributed by atoms with Crippen molar-refractivity contribution in [2.75, 3.05) is 57.6 Å². The van der Waals surface area contributed by atoms with Crippen molar-refractivity contribution in [2.24, 2.45) is 0 Å². The molecule has 23 heavy (non-hydrogen) atoms. The van der Waals surface area contributed by atoms with Crippen molar-refractivity contribution < 1.29 is 18.1 Å². The lowest BCUT2D eigenvalue weighted by atomic mass is 10.2. The number of morpholine rings is 1. The van der Waals surface area contributed by atoms with Gasteiger partial charge < -0.3 is 9.64 Å². The molecular formula is C14H21N3O5S. The van der Waals surface area contributed by atoms with E-state index in [1.54, 1.807) is 6.07 Å². The Hall–Kier alpha value is -1.71. The van der Waals surface area contributed by atoms with Gasteiger partial charge >= 0.3 is 0 Å². The molecule has 0 saturated carbocycles. The lowest BCUT2D eigenvalue weighted by Gasteiger charge is -2.29. The van der Waals surface area contributed by atoms with Crippen molar-refractivity contribution in [1.82, 2.24) is 4.90 Å². The van der Waals surface area contributed by atoms with Crippen LogP contribution in [0.25, 0.3) is 0 Å². The van der Waals surface area contributed by atoms with Gasteiger partial charge in [-0.05, 0) is 12.1 Å². The van der Waals surface area contributed by atoms with Gasteiger partial charge in [0, 0.05) is 51.2 Å². The smallest absolute Gasteiger partial charge is 0.288 e. The number of ether oxygens (including phenoxy) is 1. The molecule has 0 spiro atoms. The van der Waals surface area contributed by atoms with Crippen molar-refractivity contribution in [2.45, 2.75) is 4.90 Å². The quantitative estimate of drug-likeness (QED) is 0.556. The average Bonchev–Trinajstić information content (AvgIpc) is 2.52. The largest absolute Gasteiger partial charge is 0.379 e. The Labute approximate surface area is 135 Å². The summed E-state index contributed by atoms with van der Waals surface area (Å²) in [6, 6.07) is 4.19. The molecule has 1 aromatic rings. The molecule has 1 aliphatic rings. The lowest BCUT2D eigenvalue weighted by Crippen LogP contribution is -2.40. The number of anilines is 1. The number of nitro benzene ring substituents is 1. The number of hydrogen-bond donors (Lipinski definition) is 0. The number of hydrogen-bond acceptors (Lipinski definition) is 7.